The second-order valence-corrected chi connectivity index (χ2v) is 3.78. The van der Waals surface area contributed by atoms with E-state index < -0.39 is 17.9 Å². The lowest BCUT2D eigenvalue weighted by Gasteiger charge is -2.13. The number of hydrogen-bond acceptors (Lipinski definition) is 5. The Bertz CT molecular complexity index is 555. The van der Waals surface area contributed by atoms with Crippen LogP contribution in [0.1, 0.15) is 16.1 Å². The topological polar surface area (TPSA) is 121 Å². The van der Waals surface area contributed by atoms with Gasteiger partial charge in [0.1, 0.15) is 6.04 Å². The van der Waals surface area contributed by atoms with Crippen LogP contribution >= 0.6 is 0 Å². The van der Waals surface area contributed by atoms with Crippen molar-refractivity contribution in [2.45, 2.75) is 12.5 Å². The molecule has 0 aromatic carbocycles. The van der Waals surface area contributed by atoms with Crippen LogP contribution in [-0.4, -0.2) is 43.2 Å². The van der Waals surface area contributed by atoms with E-state index in [0.29, 0.717) is 5.69 Å². The molecule has 0 bridgehead atoms. The van der Waals surface area contributed by atoms with Crippen molar-refractivity contribution in [3.8, 4) is 0 Å². The van der Waals surface area contributed by atoms with Crippen molar-refractivity contribution in [3.63, 3.8) is 0 Å². The number of nitrogens with one attached hydrogen (secondary N) is 2. The van der Waals surface area contributed by atoms with Crippen molar-refractivity contribution in [2.75, 3.05) is 0 Å². The molecule has 0 aliphatic heterocycles. The first kappa shape index (κ1) is 12.7. The normalized spacial score (nSPS) is 11.8. The van der Waals surface area contributed by atoms with E-state index in [2.05, 4.69) is 25.5 Å². The summed E-state index contributed by atoms with van der Waals surface area (Å²) in [7, 11) is 0. The molecule has 0 spiro atoms. The van der Waals surface area contributed by atoms with Crippen molar-refractivity contribution in [3.05, 3.63) is 42.2 Å². The number of carbonyl (C=O) groups excluding carboxylic acids is 1. The highest BCUT2D eigenvalue weighted by Crippen LogP contribution is 2.01. The third-order valence-corrected chi connectivity index (χ3v) is 2.43. The Hall–Kier alpha value is -2.77. The number of amides is 1. The number of carboxylic acid groups (broad SMARTS) is 1. The van der Waals surface area contributed by atoms with E-state index in [-0.39, 0.29) is 12.0 Å². The Labute approximate surface area is 107 Å². The van der Waals surface area contributed by atoms with Crippen LogP contribution in [-0.2, 0) is 11.2 Å². The van der Waals surface area contributed by atoms with Gasteiger partial charge in [0.2, 0.25) is 0 Å². The van der Waals surface area contributed by atoms with Crippen LogP contribution in [0.25, 0.3) is 0 Å². The van der Waals surface area contributed by atoms with Gasteiger partial charge in [0.25, 0.3) is 5.91 Å². The molecule has 0 saturated carbocycles. The van der Waals surface area contributed by atoms with Crippen LogP contribution in [0.5, 0.6) is 0 Å². The predicted octanol–water partition coefficient (Wildman–Crippen LogP) is -0.375. The quantitative estimate of drug-likeness (QED) is 0.675. The summed E-state index contributed by atoms with van der Waals surface area (Å²) in [5, 5.41) is 18.6. The van der Waals surface area contributed by atoms with Crippen LogP contribution in [0.4, 0.5) is 0 Å². The van der Waals surface area contributed by atoms with Crippen molar-refractivity contribution >= 4 is 11.9 Å². The summed E-state index contributed by atoms with van der Waals surface area (Å²) < 4.78 is 0. The summed E-state index contributed by atoms with van der Waals surface area (Å²) in [5.74, 6) is -1.63. The van der Waals surface area contributed by atoms with Crippen LogP contribution in [0, 0.1) is 0 Å². The van der Waals surface area contributed by atoms with Gasteiger partial charge in [0, 0.05) is 18.3 Å². The summed E-state index contributed by atoms with van der Waals surface area (Å²) in [4.78, 5) is 29.5. The van der Waals surface area contributed by atoms with Crippen LogP contribution in [0.2, 0.25) is 0 Å². The van der Waals surface area contributed by atoms with Gasteiger partial charge in [-0.25, -0.2) is 9.78 Å². The molecule has 8 nitrogen and oxygen atoms in total. The predicted molar refractivity (Wildman–Crippen MR) is 63.2 cm³/mol. The summed E-state index contributed by atoms with van der Waals surface area (Å²) in [6, 6.07) is 0.415. The SMILES string of the molecule is O=C(N[C@@H](Cc1cnc[nH]1)C(=O)O)c1ccnnc1. The van der Waals surface area contributed by atoms with E-state index in [4.69, 9.17) is 5.11 Å². The average molecular weight is 261 g/mol. The van der Waals surface area contributed by atoms with Gasteiger partial charge < -0.3 is 15.4 Å². The molecule has 1 atom stereocenters. The Balaban J connectivity index is 2.05. The number of carboxylic acids is 1. The van der Waals surface area contributed by atoms with Gasteiger partial charge in [-0.15, -0.1) is 0 Å². The third-order valence-electron chi connectivity index (χ3n) is 2.43. The zero-order valence-electron chi connectivity index (χ0n) is 9.78. The fourth-order valence-electron chi connectivity index (χ4n) is 1.48. The monoisotopic (exact) mass is 261 g/mol. The van der Waals surface area contributed by atoms with Crippen molar-refractivity contribution < 1.29 is 14.7 Å². The number of aromatic nitrogens is 4. The van der Waals surface area contributed by atoms with E-state index in [0.717, 1.165) is 0 Å². The fourth-order valence-corrected chi connectivity index (χ4v) is 1.48. The lowest BCUT2D eigenvalue weighted by molar-refractivity contribution is -0.139. The molecule has 0 aliphatic rings. The zero-order chi connectivity index (χ0) is 13.7. The highest BCUT2D eigenvalue weighted by molar-refractivity contribution is 5.96. The van der Waals surface area contributed by atoms with E-state index in [1.807, 2.05) is 0 Å². The maximum absolute atomic E-state index is 11.8. The molecule has 0 saturated heterocycles. The van der Waals surface area contributed by atoms with E-state index in [1.165, 1.54) is 31.0 Å². The molecule has 3 N–H and O–H groups in total. The van der Waals surface area contributed by atoms with Gasteiger partial charge in [-0.05, 0) is 6.07 Å². The van der Waals surface area contributed by atoms with Crippen LogP contribution < -0.4 is 5.32 Å². The van der Waals surface area contributed by atoms with Crippen LogP contribution in [0.3, 0.4) is 0 Å². The second-order valence-electron chi connectivity index (χ2n) is 3.78. The van der Waals surface area contributed by atoms with Gasteiger partial charge in [-0.3, -0.25) is 4.79 Å². The summed E-state index contributed by atoms with van der Waals surface area (Å²) >= 11 is 0. The lowest BCUT2D eigenvalue weighted by Crippen LogP contribution is -2.42. The lowest BCUT2D eigenvalue weighted by atomic mass is 10.1. The summed E-state index contributed by atoms with van der Waals surface area (Å²) in [5.41, 5.74) is 0.881. The van der Waals surface area contributed by atoms with E-state index in [1.54, 1.807) is 0 Å². The highest BCUT2D eigenvalue weighted by Gasteiger charge is 2.21. The first-order valence-corrected chi connectivity index (χ1v) is 5.44. The number of H-pyrrole nitrogens is 1. The van der Waals surface area contributed by atoms with E-state index in [9.17, 15) is 9.59 Å². The molecule has 8 heteroatoms. The minimum absolute atomic E-state index is 0.125. The largest absolute Gasteiger partial charge is 0.480 e. The molecule has 2 aromatic heterocycles. The number of aliphatic carboxylic acids is 1. The minimum Gasteiger partial charge on any atom is -0.480 e. The number of carbonyl (C=O) groups is 2. The third kappa shape index (κ3) is 3.35. The molecule has 0 unspecified atom stereocenters. The number of hydrogen-bond donors (Lipinski definition) is 3. The minimum atomic E-state index is -1.12. The molecular weight excluding hydrogens is 250 g/mol. The molecule has 19 heavy (non-hydrogen) atoms. The molecule has 1 amide bonds. The first-order valence-electron chi connectivity index (χ1n) is 5.44. The first-order chi connectivity index (χ1) is 9.16. The van der Waals surface area contributed by atoms with Crippen molar-refractivity contribution in [1.29, 1.82) is 0 Å². The fraction of sp³-hybridized carbons (Fsp3) is 0.182. The molecule has 2 heterocycles. The van der Waals surface area contributed by atoms with Gasteiger partial charge in [-0.2, -0.15) is 10.2 Å². The van der Waals surface area contributed by atoms with Gasteiger partial charge in [-0.1, -0.05) is 0 Å². The zero-order valence-corrected chi connectivity index (χ0v) is 9.78. The maximum Gasteiger partial charge on any atom is 0.326 e. The smallest absolute Gasteiger partial charge is 0.326 e. The van der Waals surface area contributed by atoms with Crippen molar-refractivity contribution in [2.24, 2.45) is 0 Å². The molecule has 2 aromatic rings. The van der Waals surface area contributed by atoms with Crippen LogP contribution in [0.15, 0.2) is 31.0 Å². The standard InChI is InChI=1S/C11H11N5O3/c17-10(7-1-2-14-15-4-7)16-9(11(18)19)3-8-5-12-6-13-8/h1-2,4-6,9H,3H2,(H,12,13)(H,16,17)(H,18,19)/t9-/m0/s1. The number of nitrogens with zero attached hydrogens (tertiary/aromatic N) is 3. The Morgan fingerprint density at radius 3 is 2.79 bits per heavy atom. The molecule has 0 aliphatic carbocycles. The van der Waals surface area contributed by atoms with Gasteiger partial charge in [0.15, 0.2) is 0 Å². The maximum atomic E-state index is 11.8. The van der Waals surface area contributed by atoms with Gasteiger partial charge in [0.05, 0.1) is 24.3 Å². The molecule has 0 radical (unpaired) electrons. The number of rotatable bonds is 5. The molecule has 0 fully saturated rings. The Kier molecular flexibility index (Phi) is 3.81. The molecule has 98 valence electrons. The summed E-state index contributed by atoms with van der Waals surface area (Å²) in [6.45, 7) is 0. The highest BCUT2D eigenvalue weighted by atomic mass is 16.4. The Morgan fingerprint density at radius 1 is 1.37 bits per heavy atom. The average Bonchev–Trinajstić information content (AvgIpc) is 2.91. The number of imidazole rings is 1. The summed E-state index contributed by atoms with van der Waals surface area (Å²) in [6.07, 6.45) is 5.71. The van der Waals surface area contributed by atoms with E-state index >= 15 is 0 Å². The van der Waals surface area contributed by atoms with Crippen molar-refractivity contribution in [1.82, 2.24) is 25.5 Å². The number of aromatic amines is 1. The second kappa shape index (κ2) is 5.71. The molecule has 2 rings (SSSR count). The Morgan fingerprint density at radius 2 is 2.21 bits per heavy atom. The molecular formula is C11H11N5O3. The van der Waals surface area contributed by atoms with Gasteiger partial charge >= 0.3 is 5.97 Å².